The van der Waals surface area contributed by atoms with Crippen molar-refractivity contribution >= 4 is 236 Å². The van der Waals surface area contributed by atoms with Crippen LogP contribution in [0, 0.1) is 0 Å². The van der Waals surface area contributed by atoms with Crippen LogP contribution in [0.3, 0.4) is 0 Å². The average molecular weight is 1780 g/mol. The van der Waals surface area contributed by atoms with Crippen LogP contribution in [0.5, 0.6) is 0 Å². The van der Waals surface area contributed by atoms with Gasteiger partial charge in [-0.25, -0.2) is 29.9 Å². The molecule has 32 aromatic rings. The van der Waals surface area contributed by atoms with E-state index in [1.807, 2.05) is 109 Å². The molecule has 2 aliphatic rings. The van der Waals surface area contributed by atoms with Crippen LogP contribution in [0.25, 0.3) is 297 Å². The van der Waals surface area contributed by atoms with E-state index in [1.54, 1.807) is 0 Å². The van der Waals surface area contributed by atoms with Crippen molar-refractivity contribution in [1.82, 2.24) is 47.7 Å². The van der Waals surface area contributed by atoms with E-state index in [9.17, 15) is 0 Å². The van der Waals surface area contributed by atoms with Gasteiger partial charge >= 0.3 is 0 Å². The molecule has 0 radical (unpaired) electrons. The summed E-state index contributed by atoms with van der Waals surface area (Å²) in [7, 11) is 0. The Morgan fingerprint density at radius 3 is 1.04 bits per heavy atom. The maximum atomic E-state index is 6.62. The summed E-state index contributed by atoms with van der Waals surface area (Å²) in [6.07, 6.45) is 0. The van der Waals surface area contributed by atoms with Crippen LogP contribution in [-0.2, 0) is 10.8 Å². The minimum atomic E-state index is -0.0447. The van der Waals surface area contributed by atoms with Gasteiger partial charge in [0.1, 0.15) is 50.0 Å². The Balaban J connectivity index is 0.0000000946. The topological polar surface area (TPSA) is 135 Å². The molecule has 0 saturated carbocycles. The van der Waals surface area contributed by atoms with E-state index in [-0.39, 0.29) is 10.8 Å². The van der Waals surface area contributed by atoms with Crippen molar-refractivity contribution in [3.05, 3.63) is 398 Å². The zero-order valence-electron chi connectivity index (χ0n) is 75.5. The van der Waals surface area contributed by atoms with Crippen LogP contribution in [0.1, 0.15) is 49.9 Å². The summed E-state index contributed by atoms with van der Waals surface area (Å²) in [5.74, 6) is 0. The van der Waals surface area contributed by atoms with Crippen molar-refractivity contribution < 1.29 is 13.3 Å². The second-order valence-electron chi connectivity index (χ2n) is 39.0. The second-order valence-corrected chi connectivity index (χ2v) is 39.0. The van der Waals surface area contributed by atoms with Gasteiger partial charge in [-0.05, 0) is 212 Å². The van der Waals surface area contributed by atoms with Gasteiger partial charge in [0.2, 0.25) is 0 Å². The molecule has 34 rings (SSSR count). The van der Waals surface area contributed by atoms with Crippen LogP contribution < -0.4 is 0 Å². The molecule has 13 heterocycles. The first-order valence-corrected chi connectivity index (χ1v) is 47.6. The Morgan fingerprint density at radius 1 is 0.209 bits per heavy atom. The highest BCUT2D eigenvalue weighted by molar-refractivity contribution is 6.36. The average Bonchev–Trinajstić information content (AvgIpc) is 1.51. The summed E-state index contributed by atoms with van der Waals surface area (Å²) in [5.41, 5.74) is 44.1. The highest BCUT2D eigenvalue weighted by atomic mass is 16.3. The Bertz CT molecular complexity index is 11100. The minimum Gasteiger partial charge on any atom is -0.455 e. The lowest BCUT2D eigenvalue weighted by atomic mass is 9.81. The van der Waals surface area contributed by atoms with Gasteiger partial charge in [0.15, 0.2) is 16.9 Å². The third-order valence-corrected chi connectivity index (χ3v) is 31.0. The van der Waals surface area contributed by atoms with Gasteiger partial charge in [-0.15, -0.1) is 0 Å². The summed E-state index contributed by atoms with van der Waals surface area (Å²) in [4.78, 5) is 31.2. The lowest BCUT2D eigenvalue weighted by Crippen LogP contribution is -2.14. The van der Waals surface area contributed by atoms with E-state index in [1.165, 1.54) is 132 Å². The first-order valence-electron chi connectivity index (χ1n) is 47.6. The van der Waals surface area contributed by atoms with Crippen LogP contribution in [0.4, 0.5) is 0 Å². The lowest BCUT2D eigenvalue weighted by molar-refractivity contribution is 0.660. The molecule has 0 aliphatic heterocycles. The molecule has 13 nitrogen and oxygen atoms in total. The molecular formula is C126H74N10O3. The smallest absolute Gasteiger partial charge is 0.165 e. The fourth-order valence-corrected chi connectivity index (χ4v) is 24.7. The molecule has 0 saturated heterocycles. The number of aromatic nitrogens is 10. The number of rotatable bonds is 4. The summed E-state index contributed by atoms with van der Waals surface area (Å²) >= 11 is 0. The van der Waals surface area contributed by atoms with E-state index in [0.717, 1.165) is 187 Å². The zero-order chi connectivity index (χ0) is 91.0. The van der Waals surface area contributed by atoms with E-state index in [2.05, 4.69) is 312 Å². The highest BCUT2D eigenvalue weighted by Crippen LogP contribution is 2.56. The Kier molecular flexibility index (Phi) is 14.5. The monoisotopic (exact) mass is 1770 g/mol. The molecule has 139 heavy (non-hydrogen) atoms. The molecule has 13 aromatic heterocycles. The van der Waals surface area contributed by atoms with Crippen LogP contribution in [0.15, 0.2) is 389 Å². The molecule has 0 fully saturated rings. The molecule has 2 aliphatic carbocycles. The van der Waals surface area contributed by atoms with Crippen molar-refractivity contribution in [2.45, 2.75) is 38.5 Å². The molecule has 0 spiro atoms. The number of hydrogen-bond donors (Lipinski definition) is 0. The number of fused-ring (bicyclic) bond motifs is 42. The fraction of sp³-hybridized carbons (Fsp3) is 0.0476. The van der Waals surface area contributed by atoms with Crippen molar-refractivity contribution in [3.8, 4) is 61.3 Å². The Hall–Kier alpha value is -18.2. The first kappa shape index (κ1) is 75.2. The van der Waals surface area contributed by atoms with E-state index < -0.39 is 0 Å². The number of furan rings is 3. The molecule has 0 amide bonds. The van der Waals surface area contributed by atoms with Crippen molar-refractivity contribution in [2.75, 3.05) is 0 Å². The summed E-state index contributed by atoms with van der Waals surface area (Å²) in [6, 6.07) is 135. The van der Waals surface area contributed by atoms with Gasteiger partial charge in [0.25, 0.3) is 0 Å². The van der Waals surface area contributed by atoms with Crippen molar-refractivity contribution in [1.29, 1.82) is 0 Å². The molecule has 13 heteroatoms. The SMILES string of the molecule is CC1(C)c2ccccc2-c2cc(-c3ccc4c(c3)c3cc5c6ccccc6oc5c5c6nc7ccccc7nc6n4c35)ccc21.CC1(C)c2ccccc2-c2ccc(-c3ccc4c(c3)c3cc5c6ccccc6oc5c5c6nc7ccccc7nc6n4c35)cc21.c1ccc(-n2c3ccccc3c3cccc(-c4ccc5c(c4)c4cc6c7ccccc7oc6c6c7nc8ccccc8nc7n5c46)c32)cc1. The van der Waals surface area contributed by atoms with Crippen molar-refractivity contribution in [2.24, 2.45) is 0 Å². The van der Waals surface area contributed by atoms with Gasteiger partial charge in [-0.2, -0.15) is 0 Å². The number of para-hydroxylation sites is 12. The van der Waals surface area contributed by atoms with Crippen molar-refractivity contribution in [3.63, 3.8) is 0 Å². The predicted octanol–water partition coefficient (Wildman–Crippen LogP) is 32.7. The molecule has 19 aromatic carbocycles. The molecule has 0 N–H and O–H groups in total. The highest BCUT2D eigenvalue weighted by Gasteiger charge is 2.39. The van der Waals surface area contributed by atoms with E-state index >= 15 is 0 Å². The number of nitrogens with zero attached hydrogens (tertiary/aromatic N) is 10. The van der Waals surface area contributed by atoms with Gasteiger partial charge in [0.05, 0.1) is 93.4 Å². The molecule has 646 valence electrons. The molecule has 0 bridgehead atoms. The fourth-order valence-electron chi connectivity index (χ4n) is 24.7. The van der Waals surface area contributed by atoms with Gasteiger partial charge in [0, 0.05) is 97.5 Å². The van der Waals surface area contributed by atoms with Crippen LogP contribution >= 0.6 is 0 Å². The summed E-state index contributed by atoms with van der Waals surface area (Å²) < 4.78 is 29.1. The van der Waals surface area contributed by atoms with Gasteiger partial charge < -0.3 is 17.8 Å². The lowest BCUT2D eigenvalue weighted by Gasteiger charge is -2.22. The second kappa shape index (κ2) is 26.9. The van der Waals surface area contributed by atoms with E-state index in [0.29, 0.717) is 0 Å². The van der Waals surface area contributed by atoms with Gasteiger partial charge in [-0.1, -0.05) is 264 Å². The van der Waals surface area contributed by atoms with Crippen LogP contribution in [-0.4, -0.2) is 47.7 Å². The maximum absolute atomic E-state index is 6.62. The maximum Gasteiger partial charge on any atom is 0.165 e. The zero-order valence-corrected chi connectivity index (χ0v) is 75.5. The normalized spacial score (nSPS) is 13.6. The number of benzene rings is 19. The quantitative estimate of drug-likeness (QED) is 0.169. The third-order valence-electron chi connectivity index (χ3n) is 31.0. The van der Waals surface area contributed by atoms with Crippen LogP contribution in [0.2, 0.25) is 0 Å². The molecule has 0 unspecified atom stereocenters. The standard InChI is InChI=1S/C44H24N4O.2C41H25N3O/c1-2-11-26(12-3-1)47-36-19-8-4-13-28(36)30-16-10-15-27(41(30)47)25-21-22-37-31(23-25)32-24-33-29-14-5-9-20-38(29)49-43(33)39-40-44(48(37)42(32)39)46-35-18-7-6-17-34(35)45-40;1-41(2)30-11-5-3-9-24(30)25-17-15-23(20-31(25)41)22-16-18-34-27(19-22)28-21-29-26-10-4-8-14-35(26)45-39(29)36-37-40(44(34)38(28)36)43-33-13-7-6-12-32(33)42-37;1-41(2)30-11-5-3-9-24(30)26-19-22(15-17-31(26)41)23-16-18-34-27(20-23)28-21-29-25-10-4-8-14-35(25)45-39(29)36-37-40(44(34)38(28)36)43-33-13-7-6-12-32(33)42-37/h1-24H;2*3-21H,1-2H3. The summed E-state index contributed by atoms with van der Waals surface area (Å²) in [6.45, 7) is 9.35. The first-order chi connectivity index (χ1) is 68.4. The Labute approximate surface area is 789 Å². The predicted molar refractivity (Wildman–Crippen MR) is 570 cm³/mol. The summed E-state index contributed by atoms with van der Waals surface area (Å²) in [5, 5.41) is 19.4. The van der Waals surface area contributed by atoms with E-state index in [4.69, 9.17) is 43.2 Å². The molecular weight excluding hydrogens is 1700 g/mol. The number of hydrogen-bond acceptors (Lipinski definition) is 9. The Morgan fingerprint density at radius 2 is 0.554 bits per heavy atom. The third kappa shape index (κ3) is 10.00. The molecule has 0 atom stereocenters. The minimum absolute atomic E-state index is 0.00737. The van der Waals surface area contributed by atoms with Gasteiger partial charge in [-0.3, -0.25) is 13.2 Å². The largest absolute Gasteiger partial charge is 0.455 e.